The Kier molecular flexibility index (Phi) is 21.1. The van der Waals surface area contributed by atoms with Gasteiger partial charge in [-0.15, -0.1) is 0 Å². The van der Waals surface area contributed by atoms with Gasteiger partial charge in [-0.1, -0.05) is 110 Å². The molecule has 2 N–H and O–H groups in total. The minimum Gasteiger partial charge on any atom is -0.394 e. The number of aliphatic hydroxyl groups is 2. The first-order valence-electron chi connectivity index (χ1n) is 11.6. The monoisotopic (exact) mass is 372 g/mol. The average molecular weight is 373 g/mol. The van der Waals surface area contributed by atoms with Crippen LogP contribution in [0.5, 0.6) is 0 Å². The molecule has 0 amide bonds. The van der Waals surface area contributed by atoms with Crippen LogP contribution in [0.2, 0.25) is 0 Å². The van der Waals surface area contributed by atoms with Crippen LogP contribution in [0.15, 0.2) is 0 Å². The normalized spacial score (nSPS) is 13.8. The highest BCUT2D eigenvalue weighted by Crippen LogP contribution is 2.17. The number of hydrogen-bond donors (Lipinski definition) is 2. The second-order valence-electron chi connectivity index (χ2n) is 7.97. The molecule has 0 rings (SSSR count). The van der Waals surface area contributed by atoms with E-state index < -0.39 is 6.10 Å². The van der Waals surface area contributed by atoms with Crippen LogP contribution in [0, 0.1) is 0 Å². The summed E-state index contributed by atoms with van der Waals surface area (Å²) in [7, 11) is 0. The largest absolute Gasteiger partial charge is 0.394 e. The molecule has 0 saturated carbocycles. The van der Waals surface area contributed by atoms with Gasteiger partial charge in [-0.2, -0.15) is 0 Å². The maximum Gasteiger partial charge on any atom is 0.100 e. The zero-order valence-electron chi connectivity index (χ0n) is 17.9. The van der Waals surface area contributed by atoms with Crippen molar-refractivity contribution in [1.29, 1.82) is 0 Å². The molecular formula is C23H48O3. The number of hydrogen-bond acceptors (Lipinski definition) is 3. The molecule has 3 heteroatoms. The highest BCUT2D eigenvalue weighted by atomic mass is 16.5. The summed E-state index contributed by atoms with van der Waals surface area (Å²) in [6, 6.07) is 0. The van der Waals surface area contributed by atoms with Crippen LogP contribution >= 0.6 is 0 Å². The molecular weight excluding hydrogens is 324 g/mol. The Morgan fingerprint density at radius 1 is 0.615 bits per heavy atom. The minimum atomic E-state index is -0.731. The lowest BCUT2D eigenvalue weighted by Crippen LogP contribution is -2.24. The predicted molar refractivity (Wildman–Crippen MR) is 113 cm³/mol. The third kappa shape index (κ3) is 18.7. The zero-order chi connectivity index (χ0) is 19.3. The van der Waals surface area contributed by atoms with Crippen LogP contribution in [0.1, 0.15) is 123 Å². The Bertz CT molecular complexity index is 258. The summed E-state index contributed by atoms with van der Waals surface area (Å²) in [6.07, 6.45) is 21.7. The molecule has 0 aliphatic rings. The SMILES string of the molecule is CCCCCCCCCCCC(CCCCCCCC)OCC(O)CO. The molecule has 26 heavy (non-hydrogen) atoms. The predicted octanol–water partition coefficient (Wildman–Crippen LogP) is 6.40. The summed E-state index contributed by atoms with van der Waals surface area (Å²) < 4.78 is 5.88. The second kappa shape index (κ2) is 21.2. The van der Waals surface area contributed by atoms with Gasteiger partial charge in [0.2, 0.25) is 0 Å². The highest BCUT2D eigenvalue weighted by molar-refractivity contribution is 4.62. The van der Waals surface area contributed by atoms with E-state index in [0.717, 1.165) is 12.8 Å². The third-order valence-corrected chi connectivity index (χ3v) is 5.24. The van der Waals surface area contributed by atoms with Gasteiger partial charge in [-0.3, -0.25) is 0 Å². The van der Waals surface area contributed by atoms with Gasteiger partial charge >= 0.3 is 0 Å². The molecule has 158 valence electrons. The van der Waals surface area contributed by atoms with Crippen LogP contribution in [-0.4, -0.2) is 35.6 Å². The van der Waals surface area contributed by atoms with Gasteiger partial charge in [-0.25, -0.2) is 0 Å². The van der Waals surface area contributed by atoms with E-state index >= 15 is 0 Å². The number of unbranched alkanes of at least 4 members (excludes halogenated alkanes) is 13. The van der Waals surface area contributed by atoms with Crippen LogP contribution in [0.3, 0.4) is 0 Å². The molecule has 0 spiro atoms. The van der Waals surface area contributed by atoms with Gasteiger partial charge in [0.05, 0.1) is 19.3 Å². The van der Waals surface area contributed by atoms with Gasteiger partial charge < -0.3 is 14.9 Å². The fraction of sp³-hybridized carbons (Fsp3) is 1.00. The first-order chi connectivity index (χ1) is 12.7. The second-order valence-corrected chi connectivity index (χ2v) is 7.97. The molecule has 2 unspecified atom stereocenters. The smallest absolute Gasteiger partial charge is 0.100 e. The summed E-state index contributed by atoms with van der Waals surface area (Å²) in [5.41, 5.74) is 0. The molecule has 0 aliphatic heterocycles. The Morgan fingerprint density at radius 2 is 1.00 bits per heavy atom. The number of rotatable bonds is 21. The maximum absolute atomic E-state index is 9.53. The highest BCUT2D eigenvalue weighted by Gasteiger charge is 2.11. The summed E-state index contributed by atoms with van der Waals surface area (Å²) in [6.45, 7) is 4.58. The summed E-state index contributed by atoms with van der Waals surface area (Å²) in [5.74, 6) is 0. The van der Waals surface area contributed by atoms with Crippen molar-refractivity contribution in [3.8, 4) is 0 Å². The van der Waals surface area contributed by atoms with E-state index in [9.17, 15) is 5.11 Å². The van der Waals surface area contributed by atoms with Crippen LogP contribution in [0.25, 0.3) is 0 Å². The van der Waals surface area contributed by atoms with E-state index in [4.69, 9.17) is 9.84 Å². The molecule has 2 atom stereocenters. The van der Waals surface area contributed by atoms with E-state index in [1.54, 1.807) is 0 Å². The lowest BCUT2D eigenvalue weighted by molar-refractivity contribution is -0.0350. The van der Waals surface area contributed by atoms with Crippen LogP contribution in [0.4, 0.5) is 0 Å². The van der Waals surface area contributed by atoms with Crippen LogP contribution in [-0.2, 0) is 4.74 Å². The van der Waals surface area contributed by atoms with Crippen molar-refractivity contribution >= 4 is 0 Å². The summed E-state index contributed by atoms with van der Waals surface area (Å²) in [5, 5.41) is 18.5. The molecule has 0 heterocycles. The molecule has 0 aromatic carbocycles. The van der Waals surface area contributed by atoms with Crippen molar-refractivity contribution in [1.82, 2.24) is 0 Å². The van der Waals surface area contributed by atoms with E-state index in [-0.39, 0.29) is 19.3 Å². The fourth-order valence-electron chi connectivity index (χ4n) is 3.45. The lowest BCUT2D eigenvalue weighted by atomic mass is 10.0. The average Bonchev–Trinajstić information content (AvgIpc) is 2.66. The fourth-order valence-corrected chi connectivity index (χ4v) is 3.45. The standard InChI is InChI=1S/C23H48O3/c1-3-5-7-9-11-12-13-15-17-19-23(26-21-22(25)20-24)18-16-14-10-8-6-4-2/h22-25H,3-21H2,1-2H3. The minimum absolute atomic E-state index is 0.207. The van der Waals surface area contributed by atoms with E-state index in [2.05, 4.69) is 13.8 Å². The molecule has 0 aromatic heterocycles. The van der Waals surface area contributed by atoms with Gasteiger partial charge in [0.15, 0.2) is 0 Å². The van der Waals surface area contributed by atoms with E-state index in [0.29, 0.717) is 0 Å². The van der Waals surface area contributed by atoms with Crippen molar-refractivity contribution in [3.05, 3.63) is 0 Å². The van der Waals surface area contributed by atoms with Gasteiger partial charge in [-0.05, 0) is 12.8 Å². The number of aliphatic hydroxyl groups excluding tert-OH is 2. The first kappa shape index (κ1) is 25.9. The molecule has 3 nitrogen and oxygen atoms in total. The quantitative estimate of drug-likeness (QED) is 0.229. The van der Waals surface area contributed by atoms with Crippen molar-refractivity contribution < 1.29 is 14.9 Å². The van der Waals surface area contributed by atoms with Gasteiger partial charge in [0.25, 0.3) is 0 Å². The Balaban J connectivity index is 3.75. The molecule has 0 saturated heterocycles. The van der Waals surface area contributed by atoms with E-state index in [1.807, 2.05) is 0 Å². The summed E-state index contributed by atoms with van der Waals surface area (Å²) >= 11 is 0. The summed E-state index contributed by atoms with van der Waals surface area (Å²) in [4.78, 5) is 0. The molecule has 0 aromatic rings. The van der Waals surface area contributed by atoms with Gasteiger partial charge in [0, 0.05) is 0 Å². The molecule has 0 radical (unpaired) electrons. The van der Waals surface area contributed by atoms with Crippen LogP contribution < -0.4 is 0 Å². The van der Waals surface area contributed by atoms with Crippen molar-refractivity contribution in [3.63, 3.8) is 0 Å². The van der Waals surface area contributed by atoms with Gasteiger partial charge in [0.1, 0.15) is 6.10 Å². The Morgan fingerprint density at radius 3 is 1.38 bits per heavy atom. The maximum atomic E-state index is 9.53. The topological polar surface area (TPSA) is 49.7 Å². The van der Waals surface area contributed by atoms with Crippen molar-refractivity contribution in [2.45, 2.75) is 135 Å². The molecule has 0 fully saturated rings. The Labute approximate surface area is 163 Å². The Hall–Kier alpha value is -0.120. The van der Waals surface area contributed by atoms with E-state index in [1.165, 1.54) is 96.3 Å². The molecule has 0 aliphatic carbocycles. The number of ether oxygens (including phenoxy) is 1. The van der Waals surface area contributed by atoms with Crippen molar-refractivity contribution in [2.24, 2.45) is 0 Å². The van der Waals surface area contributed by atoms with Crippen molar-refractivity contribution in [2.75, 3.05) is 13.2 Å². The molecule has 0 bridgehead atoms. The third-order valence-electron chi connectivity index (χ3n) is 5.24. The first-order valence-corrected chi connectivity index (χ1v) is 11.6. The zero-order valence-corrected chi connectivity index (χ0v) is 17.9. The lowest BCUT2D eigenvalue weighted by Gasteiger charge is -2.19.